The zero-order valence-electron chi connectivity index (χ0n) is 7.84. The molecule has 0 unspecified atom stereocenters. The summed E-state index contributed by atoms with van der Waals surface area (Å²) in [6.45, 7) is 0. The number of rotatable bonds is 1. The van der Waals surface area contributed by atoms with Crippen LogP contribution in [0.25, 0.3) is 0 Å². The van der Waals surface area contributed by atoms with E-state index < -0.39 is 0 Å². The third kappa shape index (κ3) is 3.01. The molecule has 13 heavy (non-hydrogen) atoms. The maximum atomic E-state index is 11.2. The van der Waals surface area contributed by atoms with Crippen LogP contribution < -0.4 is 0 Å². The highest BCUT2D eigenvalue weighted by atomic mass is 16.5. The number of Topliss-reactive ketones (excluding diaryl/α,β-unsaturated/α-hetero) is 1. The number of hydrogen-bond acceptors (Lipinski definition) is 3. The molecule has 0 saturated heterocycles. The first kappa shape index (κ1) is 9.96. The van der Waals surface area contributed by atoms with Crippen molar-refractivity contribution in [3.8, 4) is 0 Å². The topological polar surface area (TPSA) is 43.4 Å². The summed E-state index contributed by atoms with van der Waals surface area (Å²) in [7, 11) is 1.34. The average molecular weight is 182 g/mol. The maximum Gasteiger partial charge on any atom is 0.333 e. The van der Waals surface area contributed by atoms with E-state index in [1.165, 1.54) is 7.11 Å². The molecule has 0 aromatic heterocycles. The maximum absolute atomic E-state index is 11.2. The van der Waals surface area contributed by atoms with Crippen LogP contribution in [0.1, 0.15) is 32.1 Å². The third-order valence-corrected chi connectivity index (χ3v) is 2.14. The van der Waals surface area contributed by atoms with Crippen LogP contribution in [0.3, 0.4) is 0 Å². The highest BCUT2D eigenvalue weighted by Gasteiger charge is 2.15. The number of ketones is 1. The smallest absolute Gasteiger partial charge is 0.333 e. The molecular formula is C10H14O3. The van der Waals surface area contributed by atoms with E-state index in [9.17, 15) is 9.59 Å². The molecular weight excluding hydrogens is 168 g/mol. The highest BCUT2D eigenvalue weighted by Crippen LogP contribution is 2.15. The fraction of sp³-hybridized carbons (Fsp3) is 0.600. The van der Waals surface area contributed by atoms with Gasteiger partial charge in [-0.2, -0.15) is 0 Å². The SMILES string of the molecule is COC(=O)/C1=C/CCCCC(=O)C1. The first-order chi connectivity index (χ1) is 6.24. The molecule has 0 fully saturated rings. The third-order valence-electron chi connectivity index (χ3n) is 2.14. The van der Waals surface area contributed by atoms with Gasteiger partial charge in [0, 0.05) is 18.4 Å². The van der Waals surface area contributed by atoms with Crippen LogP contribution in [-0.4, -0.2) is 18.9 Å². The lowest BCUT2D eigenvalue weighted by Crippen LogP contribution is -2.11. The van der Waals surface area contributed by atoms with E-state index in [0.29, 0.717) is 12.0 Å². The predicted molar refractivity (Wildman–Crippen MR) is 48.2 cm³/mol. The van der Waals surface area contributed by atoms with Gasteiger partial charge in [-0.25, -0.2) is 4.79 Å². The minimum Gasteiger partial charge on any atom is -0.466 e. The lowest BCUT2D eigenvalue weighted by atomic mass is 9.99. The van der Waals surface area contributed by atoms with Crippen LogP contribution >= 0.6 is 0 Å². The zero-order valence-corrected chi connectivity index (χ0v) is 7.84. The van der Waals surface area contributed by atoms with Gasteiger partial charge in [0.1, 0.15) is 5.78 Å². The van der Waals surface area contributed by atoms with Gasteiger partial charge in [0.25, 0.3) is 0 Å². The van der Waals surface area contributed by atoms with Crippen molar-refractivity contribution in [2.45, 2.75) is 32.1 Å². The van der Waals surface area contributed by atoms with Gasteiger partial charge in [-0.15, -0.1) is 0 Å². The van der Waals surface area contributed by atoms with E-state index in [2.05, 4.69) is 4.74 Å². The summed E-state index contributed by atoms with van der Waals surface area (Å²) in [4.78, 5) is 22.4. The predicted octanol–water partition coefficient (Wildman–Crippen LogP) is 1.62. The normalized spacial score (nSPS) is 22.5. The summed E-state index contributed by atoms with van der Waals surface area (Å²) in [5.41, 5.74) is 0.521. The Bertz CT molecular complexity index is 241. The number of esters is 1. The Balaban J connectivity index is 2.68. The summed E-state index contributed by atoms with van der Waals surface area (Å²) in [6, 6.07) is 0. The van der Waals surface area contributed by atoms with E-state index >= 15 is 0 Å². The average Bonchev–Trinajstić information content (AvgIpc) is 2.10. The van der Waals surface area contributed by atoms with E-state index in [4.69, 9.17) is 0 Å². The summed E-state index contributed by atoms with van der Waals surface area (Å²) in [5.74, 6) is -0.230. The molecule has 0 aliphatic heterocycles. The van der Waals surface area contributed by atoms with Gasteiger partial charge in [0.15, 0.2) is 0 Å². The van der Waals surface area contributed by atoms with Crippen molar-refractivity contribution in [1.82, 2.24) is 0 Å². The Morgan fingerprint density at radius 2 is 2.23 bits per heavy atom. The van der Waals surface area contributed by atoms with Gasteiger partial charge in [-0.05, 0) is 19.3 Å². The van der Waals surface area contributed by atoms with Crippen molar-refractivity contribution in [2.75, 3.05) is 7.11 Å². The van der Waals surface area contributed by atoms with Gasteiger partial charge in [-0.1, -0.05) is 6.08 Å². The number of hydrogen-bond donors (Lipinski definition) is 0. The van der Waals surface area contributed by atoms with Gasteiger partial charge >= 0.3 is 5.97 Å². The van der Waals surface area contributed by atoms with Crippen molar-refractivity contribution in [1.29, 1.82) is 0 Å². The Kier molecular flexibility index (Phi) is 3.68. The van der Waals surface area contributed by atoms with Gasteiger partial charge in [0.05, 0.1) is 7.11 Å². The van der Waals surface area contributed by atoms with Crippen molar-refractivity contribution in [2.24, 2.45) is 0 Å². The Morgan fingerprint density at radius 1 is 1.46 bits per heavy atom. The van der Waals surface area contributed by atoms with Gasteiger partial charge < -0.3 is 4.74 Å². The largest absolute Gasteiger partial charge is 0.466 e. The van der Waals surface area contributed by atoms with Crippen molar-refractivity contribution < 1.29 is 14.3 Å². The molecule has 1 rings (SSSR count). The summed E-state index contributed by atoms with van der Waals surface area (Å²) < 4.78 is 4.57. The number of methoxy groups -OCH3 is 1. The second-order valence-corrected chi connectivity index (χ2v) is 3.18. The molecule has 1 aliphatic rings. The molecule has 3 nitrogen and oxygen atoms in total. The molecule has 0 radical (unpaired) electrons. The molecule has 72 valence electrons. The molecule has 3 heteroatoms. The van der Waals surface area contributed by atoms with Gasteiger partial charge in [0.2, 0.25) is 0 Å². The summed E-state index contributed by atoms with van der Waals surface area (Å²) in [5, 5.41) is 0. The summed E-state index contributed by atoms with van der Waals surface area (Å²) in [6.07, 6.45) is 5.44. The molecule has 0 atom stereocenters. The van der Waals surface area contributed by atoms with Crippen molar-refractivity contribution in [3.05, 3.63) is 11.6 Å². The number of carbonyl (C=O) groups is 2. The first-order valence-electron chi connectivity index (χ1n) is 4.53. The molecule has 0 amide bonds. The molecule has 0 saturated carbocycles. The zero-order chi connectivity index (χ0) is 9.68. The van der Waals surface area contributed by atoms with E-state index in [1.807, 2.05) is 6.08 Å². The summed E-state index contributed by atoms with van der Waals surface area (Å²) >= 11 is 0. The molecule has 0 N–H and O–H groups in total. The minimum atomic E-state index is -0.366. The van der Waals surface area contributed by atoms with Crippen LogP contribution in [-0.2, 0) is 14.3 Å². The monoisotopic (exact) mass is 182 g/mol. The van der Waals surface area contributed by atoms with Crippen LogP contribution in [0.4, 0.5) is 0 Å². The van der Waals surface area contributed by atoms with Gasteiger partial charge in [-0.3, -0.25) is 4.79 Å². The molecule has 0 aromatic rings. The van der Waals surface area contributed by atoms with E-state index in [1.54, 1.807) is 0 Å². The molecule has 0 spiro atoms. The minimum absolute atomic E-state index is 0.136. The Morgan fingerprint density at radius 3 is 2.92 bits per heavy atom. The first-order valence-corrected chi connectivity index (χ1v) is 4.53. The lowest BCUT2D eigenvalue weighted by molar-refractivity contribution is -0.137. The Hall–Kier alpha value is -1.12. The number of carbonyl (C=O) groups excluding carboxylic acids is 2. The number of ether oxygens (including phenoxy) is 1. The van der Waals surface area contributed by atoms with Crippen LogP contribution in [0.2, 0.25) is 0 Å². The fourth-order valence-corrected chi connectivity index (χ4v) is 1.40. The number of allylic oxidation sites excluding steroid dienone is 1. The van der Waals surface area contributed by atoms with Crippen LogP contribution in [0.15, 0.2) is 11.6 Å². The van der Waals surface area contributed by atoms with Crippen LogP contribution in [0.5, 0.6) is 0 Å². The highest BCUT2D eigenvalue weighted by molar-refractivity contribution is 5.95. The van der Waals surface area contributed by atoms with E-state index in [0.717, 1.165) is 19.3 Å². The second kappa shape index (κ2) is 4.80. The van der Waals surface area contributed by atoms with E-state index in [-0.39, 0.29) is 18.2 Å². The molecule has 0 aromatic carbocycles. The standard InChI is InChI=1S/C10H14O3/c1-13-10(12)8-5-3-2-4-6-9(11)7-8/h5H,2-4,6-7H2,1H3/b8-5+. The quantitative estimate of drug-likeness (QED) is 0.579. The van der Waals surface area contributed by atoms with Crippen molar-refractivity contribution >= 4 is 11.8 Å². The fourth-order valence-electron chi connectivity index (χ4n) is 1.40. The van der Waals surface area contributed by atoms with Crippen molar-refractivity contribution in [3.63, 3.8) is 0 Å². The Labute approximate surface area is 77.8 Å². The molecule has 0 bridgehead atoms. The second-order valence-electron chi connectivity index (χ2n) is 3.18. The van der Waals surface area contributed by atoms with Crippen LogP contribution in [0, 0.1) is 0 Å². The molecule has 1 aliphatic carbocycles. The molecule has 0 heterocycles. The lowest BCUT2D eigenvalue weighted by Gasteiger charge is -2.08.